The Labute approximate surface area is 156 Å². The summed E-state index contributed by atoms with van der Waals surface area (Å²) in [5, 5.41) is 0. The van der Waals surface area contributed by atoms with Gasteiger partial charge in [0.1, 0.15) is 6.29 Å². The number of carbonyl (C=O) groups excluding carboxylic acids is 1. The summed E-state index contributed by atoms with van der Waals surface area (Å²) < 4.78 is 18.0. The number of hydrogen-bond donors (Lipinski definition) is 0. The zero-order valence-electron chi connectivity index (χ0n) is 16.1. The molecule has 1 aliphatic carbocycles. The molecular formula is C22H30O4. The summed E-state index contributed by atoms with van der Waals surface area (Å²) in [6.07, 6.45) is 2.63. The van der Waals surface area contributed by atoms with Crippen LogP contribution in [-0.4, -0.2) is 31.4 Å². The van der Waals surface area contributed by atoms with Gasteiger partial charge in [0.15, 0.2) is 5.79 Å². The number of carbonyl (C=O) groups is 1. The number of ether oxygens (including phenoxy) is 3. The van der Waals surface area contributed by atoms with Gasteiger partial charge in [-0.2, -0.15) is 0 Å². The average molecular weight is 358 g/mol. The third-order valence-corrected chi connectivity index (χ3v) is 5.81. The Morgan fingerprint density at radius 1 is 1.27 bits per heavy atom. The van der Waals surface area contributed by atoms with Gasteiger partial charge in [-0.1, -0.05) is 49.4 Å². The van der Waals surface area contributed by atoms with E-state index in [-0.39, 0.29) is 17.9 Å². The lowest BCUT2D eigenvalue weighted by molar-refractivity contribution is -0.161. The van der Waals surface area contributed by atoms with Gasteiger partial charge in [-0.15, -0.1) is 0 Å². The van der Waals surface area contributed by atoms with Crippen molar-refractivity contribution < 1.29 is 19.0 Å². The van der Waals surface area contributed by atoms with E-state index in [9.17, 15) is 4.79 Å². The van der Waals surface area contributed by atoms with E-state index in [4.69, 9.17) is 14.2 Å². The van der Waals surface area contributed by atoms with Gasteiger partial charge in [0.2, 0.25) is 0 Å². The van der Waals surface area contributed by atoms with Crippen molar-refractivity contribution in [2.75, 3.05) is 13.2 Å². The average Bonchev–Trinajstić information content (AvgIpc) is 2.98. The Morgan fingerprint density at radius 3 is 2.62 bits per heavy atom. The minimum atomic E-state index is -0.608. The lowest BCUT2D eigenvalue weighted by atomic mass is 9.60. The van der Waals surface area contributed by atoms with Crippen molar-refractivity contribution in [3.05, 3.63) is 48.0 Å². The van der Waals surface area contributed by atoms with Crippen LogP contribution in [0, 0.1) is 17.3 Å². The Kier molecular flexibility index (Phi) is 5.66. The molecule has 4 atom stereocenters. The second kappa shape index (κ2) is 7.63. The van der Waals surface area contributed by atoms with Crippen LogP contribution in [0.3, 0.4) is 0 Å². The maximum Gasteiger partial charge on any atom is 0.163 e. The minimum absolute atomic E-state index is 0.0128. The zero-order valence-corrected chi connectivity index (χ0v) is 16.1. The highest BCUT2D eigenvalue weighted by Gasteiger charge is 2.51. The molecule has 1 aromatic rings. The number of aldehydes is 1. The van der Waals surface area contributed by atoms with Crippen molar-refractivity contribution in [2.24, 2.45) is 17.3 Å². The summed E-state index contributed by atoms with van der Waals surface area (Å²) in [4.78, 5) is 12.0. The van der Waals surface area contributed by atoms with Gasteiger partial charge in [-0.05, 0) is 32.3 Å². The van der Waals surface area contributed by atoms with E-state index in [1.807, 2.05) is 39.0 Å². The van der Waals surface area contributed by atoms with Crippen LogP contribution >= 0.6 is 0 Å². The lowest BCUT2D eigenvalue weighted by Gasteiger charge is -2.46. The van der Waals surface area contributed by atoms with E-state index in [0.717, 1.165) is 30.3 Å². The van der Waals surface area contributed by atoms with E-state index < -0.39 is 11.2 Å². The molecule has 0 spiro atoms. The van der Waals surface area contributed by atoms with Crippen LogP contribution in [0.1, 0.15) is 39.2 Å². The summed E-state index contributed by atoms with van der Waals surface area (Å²) in [7, 11) is 0. The van der Waals surface area contributed by atoms with Crippen LogP contribution < -0.4 is 0 Å². The number of rotatable bonds is 6. The van der Waals surface area contributed by atoms with Crippen molar-refractivity contribution >= 4 is 6.29 Å². The molecule has 3 rings (SSSR count). The molecule has 0 radical (unpaired) electrons. The molecule has 0 N–H and O–H groups in total. The Hall–Kier alpha value is -1.49. The molecule has 0 unspecified atom stereocenters. The van der Waals surface area contributed by atoms with Crippen LogP contribution in [0.2, 0.25) is 0 Å². The van der Waals surface area contributed by atoms with Gasteiger partial charge >= 0.3 is 0 Å². The summed E-state index contributed by atoms with van der Waals surface area (Å²) >= 11 is 0. The Balaban J connectivity index is 1.75. The van der Waals surface area contributed by atoms with Crippen molar-refractivity contribution in [1.29, 1.82) is 0 Å². The smallest absolute Gasteiger partial charge is 0.163 e. The first-order valence-corrected chi connectivity index (χ1v) is 9.42. The largest absolute Gasteiger partial charge is 0.376 e. The highest BCUT2D eigenvalue weighted by atomic mass is 16.7. The first-order chi connectivity index (χ1) is 12.3. The molecule has 1 aliphatic heterocycles. The third kappa shape index (κ3) is 4.08. The van der Waals surface area contributed by atoms with Gasteiger partial charge in [0.05, 0.1) is 25.9 Å². The van der Waals surface area contributed by atoms with Crippen molar-refractivity contribution in [3.63, 3.8) is 0 Å². The van der Waals surface area contributed by atoms with Gasteiger partial charge in [-0.25, -0.2) is 0 Å². The van der Waals surface area contributed by atoms with Crippen molar-refractivity contribution in [1.82, 2.24) is 0 Å². The van der Waals surface area contributed by atoms with Gasteiger partial charge in [0.25, 0.3) is 0 Å². The molecule has 1 saturated carbocycles. The molecule has 0 bridgehead atoms. The van der Waals surface area contributed by atoms with Crippen LogP contribution in [0.25, 0.3) is 0 Å². The fourth-order valence-corrected chi connectivity index (χ4v) is 4.31. The zero-order chi connectivity index (χ0) is 18.8. The van der Waals surface area contributed by atoms with Crippen molar-refractivity contribution in [3.8, 4) is 0 Å². The predicted octanol–water partition coefficient (Wildman–Crippen LogP) is 4.14. The molecule has 1 saturated heterocycles. The highest BCUT2D eigenvalue weighted by Crippen LogP contribution is 2.49. The second-order valence-corrected chi connectivity index (χ2v) is 8.28. The van der Waals surface area contributed by atoms with Crippen LogP contribution in [0.4, 0.5) is 0 Å². The number of benzene rings is 1. The van der Waals surface area contributed by atoms with Crippen LogP contribution in [0.5, 0.6) is 0 Å². The molecule has 4 nitrogen and oxygen atoms in total. The fourth-order valence-electron chi connectivity index (χ4n) is 4.31. The van der Waals surface area contributed by atoms with Gasteiger partial charge < -0.3 is 19.0 Å². The highest BCUT2D eigenvalue weighted by molar-refractivity contribution is 5.60. The molecular weight excluding hydrogens is 328 g/mol. The molecule has 1 aromatic carbocycles. The molecule has 2 fully saturated rings. The van der Waals surface area contributed by atoms with E-state index in [2.05, 4.69) is 18.7 Å². The van der Waals surface area contributed by atoms with E-state index in [1.165, 1.54) is 0 Å². The summed E-state index contributed by atoms with van der Waals surface area (Å²) in [6, 6.07) is 10.1. The van der Waals surface area contributed by atoms with E-state index in [0.29, 0.717) is 19.8 Å². The molecule has 1 heterocycles. The first kappa shape index (κ1) is 19.3. The quantitative estimate of drug-likeness (QED) is 0.566. The molecule has 2 aliphatic rings. The Bertz CT molecular complexity index is 639. The normalized spacial score (nSPS) is 34.0. The van der Waals surface area contributed by atoms with Gasteiger partial charge in [-0.3, -0.25) is 0 Å². The molecule has 4 heteroatoms. The van der Waals surface area contributed by atoms with Crippen molar-refractivity contribution in [2.45, 2.75) is 52.1 Å². The summed E-state index contributed by atoms with van der Waals surface area (Å²) in [5.74, 6) is -0.508. The Morgan fingerprint density at radius 2 is 2.00 bits per heavy atom. The molecule has 142 valence electrons. The maximum absolute atomic E-state index is 12.0. The monoisotopic (exact) mass is 358 g/mol. The fraction of sp³-hybridized carbons (Fsp3) is 0.591. The lowest BCUT2D eigenvalue weighted by Crippen LogP contribution is -2.48. The predicted molar refractivity (Wildman–Crippen MR) is 101 cm³/mol. The number of hydrogen-bond acceptors (Lipinski definition) is 4. The van der Waals surface area contributed by atoms with Crippen LogP contribution in [0.15, 0.2) is 42.5 Å². The van der Waals surface area contributed by atoms with Crippen LogP contribution in [-0.2, 0) is 25.6 Å². The maximum atomic E-state index is 12.0. The first-order valence-electron chi connectivity index (χ1n) is 9.42. The van der Waals surface area contributed by atoms with E-state index in [1.54, 1.807) is 0 Å². The third-order valence-electron chi connectivity index (χ3n) is 5.81. The SMILES string of the molecule is C=C1CC[C@@](C)(C=O)[C@H]([C@@H]2COC(C)(C)O2)[C@H]1COCc1ccccc1. The molecule has 26 heavy (non-hydrogen) atoms. The molecule has 0 amide bonds. The standard InChI is InChI=1S/C22H30O4/c1-16-10-11-22(4,15-23)20(19-14-25-21(2,3)26-19)18(16)13-24-12-17-8-6-5-7-9-17/h5-9,15,18-20H,1,10-14H2,2-4H3/t18-,19-,20-,22-/m0/s1. The van der Waals surface area contributed by atoms with Gasteiger partial charge in [0, 0.05) is 17.3 Å². The van der Waals surface area contributed by atoms with E-state index >= 15 is 0 Å². The second-order valence-electron chi connectivity index (χ2n) is 8.28. The minimum Gasteiger partial charge on any atom is -0.376 e. The topological polar surface area (TPSA) is 44.8 Å². The molecule has 0 aromatic heterocycles. The summed E-state index contributed by atoms with van der Waals surface area (Å²) in [6.45, 7) is 11.8. The summed E-state index contributed by atoms with van der Waals surface area (Å²) in [5.41, 5.74) is 1.84.